The lowest BCUT2D eigenvalue weighted by atomic mass is 10.2. The average Bonchev–Trinajstić information content (AvgIpc) is 2.80. The van der Waals surface area contributed by atoms with Crippen LogP contribution in [0.15, 0.2) is 65.3 Å². The molecule has 0 aliphatic rings. The molecule has 2 rings (SSSR count). The largest absolute Gasteiger partial charge is 0.489 e. The maximum atomic E-state index is 11.8. The molecule has 0 saturated carbocycles. The van der Waals surface area contributed by atoms with Gasteiger partial charge in [0.2, 0.25) is 5.76 Å². The fourth-order valence-electron chi connectivity index (χ4n) is 2.61. The molecule has 0 atom stereocenters. The van der Waals surface area contributed by atoms with Crippen LogP contribution in [0.2, 0.25) is 0 Å². The van der Waals surface area contributed by atoms with E-state index in [0.717, 1.165) is 22.8 Å². The van der Waals surface area contributed by atoms with Crippen LogP contribution in [0.25, 0.3) is 6.08 Å². The Hall–Kier alpha value is -3.48. The molecule has 0 fully saturated rings. The minimum Gasteiger partial charge on any atom is -0.489 e. The summed E-state index contributed by atoms with van der Waals surface area (Å²) in [5, 5.41) is 2.93. The standard InChI is InChI=1S/C20H22O4.C5H13N3/c1-3-22-19(20(21)23-4-2)14-16-10-12-18(13-11-16)24-15-17-8-6-5-7-9-17;1-6-5(7-2)8(3)4/h5-14H,3-4,15H2,1-2H3;1-4H3,(H,6,7)/b19-14-;. The van der Waals surface area contributed by atoms with Crippen molar-refractivity contribution in [1.29, 1.82) is 0 Å². The third kappa shape index (κ3) is 10.0. The average molecular weight is 442 g/mol. The molecule has 32 heavy (non-hydrogen) atoms. The first kappa shape index (κ1) is 26.6. The molecule has 0 aliphatic heterocycles. The maximum absolute atomic E-state index is 11.8. The highest BCUT2D eigenvalue weighted by molar-refractivity contribution is 5.91. The molecular formula is C25H35N3O4. The van der Waals surface area contributed by atoms with Crippen molar-refractivity contribution in [3.8, 4) is 5.75 Å². The van der Waals surface area contributed by atoms with Gasteiger partial charge in [0.1, 0.15) is 12.4 Å². The smallest absolute Gasteiger partial charge is 0.373 e. The molecule has 0 aromatic heterocycles. The van der Waals surface area contributed by atoms with Gasteiger partial charge in [-0.25, -0.2) is 4.79 Å². The van der Waals surface area contributed by atoms with Crippen molar-refractivity contribution < 1.29 is 19.0 Å². The monoisotopic (exact) mass is 441 g/mol. The lowest BCUT2D eigenvalue weighted by molar-refractivity contribution is -0.142. The fraction of sp³-hybridized carbons (Fsp3) is 0.360. The normalized spacial score (nSPS) is 11.1. The summed E-state index contributed by atoms with van der Waals surface area (Å²) < 4.78 is 16.1. The number of guanidine groups is 1. The molecular weight excluding hydrogens is 406 g/mol. The van der Waals surface area contributed by atoms with Crippen LogP contribution in [0.5, 0.6) is 5.75 Å². The van der Waals surface area contributed by atoms with Crippen molar-refractivity contribution in [2.75, 3.05) is 41.4 Å². The number of rotatable bonds is 8. The molecule has 2 aromatic carbocycles. The van der Waals surface area contributed by atoms with Gasteiger partial charge in [0.05, 0.1) is 13.2 Å². The van der Waals surface area contributed by atoms with Crippen LogP contribution in [0.4, 0.5) is 0 Å². The summed E-state index contributed by atoms with van der Waals surface area (Å²) in [5.74, 6) is 1.41. The Labute approximate surface area is 191 Å². The van der Waals surface area contributed by atoms with Crippen molar-refractivity contribution >= 4 is 18.0 Å². The summed E-state index contributed by atoms with van der Waals surface area (Å²) in [4.78, 5) is 17.7. The van der Waals surface area contributed by atoms with Crippen LogP contribution >= 0.6 is 0 Å². The number of ether oxygens (including phenoxy) is 3. The first-order valence-corrected chi connectivity index (χ1v) is 10.5. The van der Waals surface area contributed by atoms with Crippen LogP contribution in [-0.4, -0.2) is 58.2 Å². The number of nitrogens with one attached hydrogen (secondary N) is 1. The third-order valence-corrected chi connectivity index (χ3v) is 4.06. The summed E-state index contributed by atoms with van der Waals surface area (Å²) in [6, 6.07) is 17.5. The van der Waals surface area contributed by atoms with Gasteiger partial charge in [-0.05, 0) is 43.2 Å². The van der Waals surface area contributed by atoms with E-state index in [9.17, 15) is 4.79 Å². The number of carbonyl (C=O) groups excluding carboxylic acids is 1. The Bertz CT molecular complexity index is 847. The van der Waals surface area contributed by atoms with Gasteiger partial charge in [-0.1, -0.05) is 42.5 Å². The Balaban J connectivity index is 0.000000547. The highest BCUT2D eigenvalue weighted by atomic mass is 16.6. The number of hydrogen-bond donors (Lipinski definition) is 1. The topological polar surface area (TPSA) is 72.4 Å². The molecule has 0 spiro atoms. The van der Waals surface area contributed by atoms with E-state index in [1.807, 2.05) is 87.6 Å². The predicted octanol–water partition coefficient (Wildman–Crippen LogP) is 3.96. The quantitative estimate of drug-likeness (QED) is 0.220. The second kappa shape index (κ2) is 15.3. The van der Waals surface area contributed by atoms with Crippen LogP contribution in [0.3, 0.4) is 0 Å². The van der Waals surface area contributed by atoms with Gasteiger partial charge in [0, 0.05) is 28.2 Å². The molecule has 0 radical (unpaired) electrons. The van der Waals surface area contributed by atoms with E-state index in [-0.39, 0.29) is 5.76 Å². The Kier molecular flexibility index (Phi) is 12.7. The second-order valence-corrected chi connectivity index (χ2v) is 6.70. The van der Waals surface area contributed by atoms with Gasteiger partial charge in [0.15, 0.2) is 5.96 Å². The van der Waals surface area contributed by atoms with Gasteiger partial charge in [-0.2, -0.15) is 0 Å². The number of benzene rings is 2. The van der Waals surface area contributed by atoms with E-state index in [0.29, 0.717) is 19.8 Å². The van der Waals surface area contributed by atoms with E-state index in [1.54, 1.807) is 20.0 Å². The van der Waals surface area contributed by atoms with E-state index in [4.69, 9.17) is 14.2 Å². The molecule has 174 valence electrons. The number of hydrogen-bond acceptors (Lipinski definition) is 5. The minimum atomic E-state index is -0.455. The zero-order valence-electron chi connectivity index (χ0n) is 19.9. The molecule has 2 aromatic rings. The number of nitrogens with zero attached hydrogens (tertiary/aromatic N) is 2. The third-order valence-electron chi connectivity index (χ3n) is 4.06. The van der Waals surface area contributed by atoms with Crippen LogP contribution in [0.1, 0.15) is 25.0 Å². The van der Waals surface area contributed by atoms with Crippen molar-refractivity contribution in [3.05, 3.63) is 71.5 Å². The van der Waals surface area contributed by atoms with Gasteiger partial charge in [-0.3, -0.25) is 4.99 Å². The Morgan fingerprint density at radius 3 is 2.09 bits per heavy atom. The van der Waals surface area contributed by atoms with Gasteiger partial charge >= 0.3 is 5.97 Å². The molecule has 0 aliphatic carbocycles. The predicted molar refractivity (Wildman–Crippen MR) is 130 cm³/mol. The molecule has 1 N–H and O–H groups in total. The summed E-state index contributed by atoms with van der Waals surface area (Å²) in [6.45, 7) is 4.83. The first-order valence-electron chi connectivity index (χ1n) is 10.5. The molecule has 7 nitrogen and oxygen atoms in total. The maximum Gasteiger partial charge on any atom is 0.373 e. The van der Waals surface area contributed by atoms with Crippen molar-refractivity contribution in [2.45, 2.75) is 20.5 Å². The van der Waals surface area contributed by atoms with Crippen molar-refractivity contribution in [1.82, 2.24) is 10.2 Å². The Morgan fingerprint density at radius 1 is 1.00 bits per heavy atom. The van der Waals surface area contributed by atoms with Crippen molar-refractivity contribution in [2.24, 2.45) is 4.99 Å². The number of carbonyl (C=O) groups is 1. The van der Waals surface area contributed by atoms with Gasteiger partial charge in [-0.15, -0.1) is 0 Å². The SMILES string of the molecule is C/N=C(\NC)N(C)C.CCOC(=O)/C(=C/c1ccc(OCc2ccccc2)cc1)OCC. The zero-order chi connectivity index (χ0) is 23.8. The lowest BCUT2D eigenvalue weighted by Gasteiger charge is -2.12. The lowest BCUT2D eigenvalue weighted by Crippen LogP contribution is -2.33. The summed E-state index contributed by atoms with van der Waals surface area (Å²) in [5.41, 5.74) is 1.96. The van der Waals surface area contributed by atoms with E-state index >= 15 is 0 Å². The zero-order valence-corrected chi connectivity index (χ0v) is 19.9. The molecule has 0 saturated heterocycles. The van der Waals surface area contributed by atoms with Gasteiger partial charge < -0.3 is 24.4 Å². The second-order valence-electron chi connectivity index (χ2n) is 6.70. The van der Waals surface area contributed by atoms with Gasteiger partial charge in [0.25, 0.3) is 0 Å². The molecule has 0 unspecified atom stereocenters. The van der Waals surface area contributed by atoms with Crippen LogP contribution < -0.4 is 10.1 Å². The highest BCUT2D eigenvalue weighted by Crippen LogP contribution is 2.17. The van der Waals surface area contributed by atoms with Crippen LogP contribution in [0, 0.1) is 0 Å². The molecule has 0 heterocycles. The minimum absolute atomic E-state index is 0.206. The van der Waals surface area contributed by atoms with Crippen molar-refractivity contribution in [3.63, 3.8) is 0 Å². The molecule has 7 heteroatoms. The summed E-state index contributed by atoms with van der Waals surface area (Å²) in [7, 11) is 7.49. The summed E-state index contributed by atoms with van der Waals surface area (Å²) >= 11 is 0. The van der Waals surface area contributed by atoms with E-state index in [1.165, 1.54) is 0 Å². The number of esters is 1. The summed E-state index contributed by atoms with van der Waals surface area (Å²) in [6.07, 6.45) is 1.67. The highest BCUT2D eigenvalue weighted by Gasteiger charge is 2.11. The Morgan fingerprint density at radius 2 is 1.62 bits per heavy atom. The van der Waals surface area contributed by atoms with E-state index in [2.05, 4.69) is 10.3 Å². The molecule has 0 bridgehead atoms. The molecule has 0 amide bonds. The first-order chi connectivity index (χ1) is 15.4. The van der Waals surface area contributed by atoms with E-state index < -0.39 is 5.97 Å². The van der Waals surface area contributed by atoms with Crippen LogP contribution in [-0.2, 0) is 20.9 Å². The fourth-order valence-corrected chi connectivity index (χ4v) is 2.61. The number of aliphatic imine (C=N–C) groups is 1.